The second kappa shape index (κ2) is 5.96. The number of benzene rings is 1. The molecule has 0 aliphatic carbocycles. The van der Waals surface area contributed by atoms with Gasteiger partial charge >= 0.3 is 5.97 Å². The molecule has 0 aliphatic heterocycles. The Labute approximate surface area is 120 Å². The monoisotopic (exact) mass is 296 g/mol. The second-order valence-corrected chi connectivity index (χ2v) is 4.68. The molecule has 0 aliphatic rings. The van der Waals surface area contributed by atoms with Gasteiger partial charge in [0.25, 0.3) is 0 Å². The smallest absolute Gasteiger partial charge is 0.355 e. The maximum atomic E-state index is 13.0. The van der Waals surface area contributed by atoms with Gasteiger partial charge in [-0.2, -0.15) is 0 Å². The fraction of sp³-hybridized carbons (Fsp3) is 0.214. The molecule has 0 radical (unpaired) electrons. The highest BCUT2D eigenvalue weighted by Gasteiger charge is 2.14. The summed E-state index contributed by atoms with van der Waals surface area (Å²) in [5.41, 5.74) is 7.16. The Balaban J connectivity index is 2.06. The molecular formula is C14H14ClFN2O2. The first-order valence-electron chi connectivity index (χ1n) is 6.08. The van der Waals surface area contributed by atoms with Crippen molar-refractivity contribution in [1.82, 2.24) is 4.57 Å². The van der Waals surface area contributed by atoms with Crippen LogP contribution in [-0.2, 0) is 17.9 Å². The molecule has 2 aromatic rings. The standard InChI is InChI=1S/C14H14ClFN2O2/c1-2-18-7-10(17)6-13(18)14(19)20-8-9-3-4-12(16)11(15)5-9/h3-7H,2,8,17H2,1H3. The van der Waals surface area contributed by atoms with Crippen molar-refractivity contribution in [1.29, 1.82) is 0 Å². The van der Waals surface area contributed by atoms with Crippen LogP contribution in [0.4, 0.5) is 10.1 Å². The zero-order chi connectivity index (χ0) is 14.7. The molecule has 106 valence electrons. The molecule has 0 atom stereocenters. The number of hydrogen-bond donors (Lipinski definition) is 1. The zero-order valence-electron chi connectivity index (χ0n) is 10.9. The summed E-state index contributed by atoms with van der Waals surface area (Å²) in [4.78, 5) is 12.0. The van der Waals surface area contributed by atoms with Crippen LogP contribution in [0.15, 0.2) is 30.5 Å². The van der Waals surface area contributed by atoms with E-state index in [4.69, 9.17) is 22.1 Å². The maximum Gasteiger partial charge on any atom is 0.355 e. The van der Waals surface area contributed by atoms with Gasteiger partial charge in [-0.3, -0.25) is 0 Å². The van der Waals surface area contributed by atoms with Crippen molar-refractivity contribution >= 4 is 23.3 Å². The molecule has 0 unspecified atom stereocenters. The van der Waals surface area contributed by atoms with Crippen LogP contribution >= 0.6 is 11.6 Å². The molecule has 1 aromatic heterocycles. The molecule has 1 heterocycles. The van der Waals surface area contributed by atoms with E-state index >= 15 is 0 Å². The Hall–Kier alpha value is -2.01. The van der Waals surface area contributed by atoms with Crippen molar-refractivity contribution < 1.29 is 13.9 Å². The van der Waals surface area contributed by atoms with Gasteiger partial charge in [0.2, 0.25) is 0 Å². The lowest BCUT2D eigenvalue weighted by Crippen LogP contribution is -2.11. The van der Waals surface area contributed by atoms with Gasteiger partial charge in [-0.15, -0.1) is 0 Å². The van der Waals surface area contributed by atoms with E-state index in [0.717, 1.165) is 0 Å². The number of ether oxygens (including phenoxy) is 1. The lowest BCUT2D eigenvalue weighted by Gasteiger charge is -2.07. The number of nitrogens with two attached hydrogens (primary N) is 1. The fourth-order valence-electron chi connectivity index (χ4n) is 1.82. The Morgan fingerprint density at radius 3 is 2.85 bits per heavy atom. The van der Waals surface area contributed by atoms with Crippen molar-refractivity contribution in [2.75, 3.05) is 5.73 Å². The summed E-state index contributed by atoms with van der Waals surface area (Å²) in [6.45, 7) is 2.54. The first-order chi connectivity index (χ1) is 9.51. The predicted molar refractivity (Wildman–Crippen MR) is 75.0 cm³/mol. The van der Waals surface area contributed by atoms with Crippen LogP contribution < -0.4 is 5.73 Å². The van der Waals surface area contributed by atoms with Crippen molar-refractivity contribution in [2.45, 2.75) is 20.1 Å². The Morgan fingerprint density at radius 1 is 1.45 bits per heavy atom. The summed E-state index contributed by atoms with van der Waals surface area (Å²) in [7, 11) is 0. The lowest BCUT2D eigenvalue weighted by atomic mass is 10.2. The van der Waals surface area contributed by atoms with Gasteiger partial charge in [-0.05, 0) is 30.7 Å². The van der Waals surface area contributed by atoms with Gasteiger partial charge in [0.05, 0.1) is 10.7 Å². The van der Waals surface area contributed by atoms with Gasteiger partial charge in [-0.25, -0.2) is 9.18 Å². The van der Waals surface area contributed by atoms with Crippen molar-refractivity contribution in [2.24, 2.45) is 0 Å². The molecule has 4 nitrogen and oxygen atoms in total. The van der Waals surface area contributed by atoms with Crippen LogP contribution in [0.5, 0.6) is 0 Å². The third kappa shape index (κ3) is 3.11. The van der Waals surface area contributed by atoms with Gasteiger partial charge < -0.3 is 15.0 Å². The van der Waals surface area contributed by atoms with Crippen LogP contribution in [-0.4, -0.2) is 10.5 Å². The number of halogens is 2. The number of aryl methyl sites for hydroxylation is 1. The van der Waals surface area contributed by atoms with Gasteiger partial charge in [-0.1, -0.05) is 17.7 Å². The van der Waals surface area contributed by atoms with E-state index in [9.17, 15) is 9.18 Å². The quantitative estimate of drug-likeness (QED) is 0.881. The highest BCUT2D eigenvalue weighted by atomic mass is 35.5. The molecule has 0 spiro atoms. The highest BCUT2D eigenvalue weighted by molar-refractivity contribution is 6.30. The molecule has 0 saturated carbocycles. The van der Waals surface area contributed by atoms with E-state index in [-0.39, 0.29) is 11.6 Å². The topological polar surface area (TPSA) is 57.2 Å². The maximum absolute atomic E-state index is 13.0. The van der Waals surface area contributed by atoms with Crippen molar-refractivity contribution in [3.63, 3.8) is 0 Å². The van der Waals surface area contributed by atoms with E-state index in [0.29, 0.717) is 23.5 Å². The van der Waals surface area contributed by atoms with Crippen molar-refractivity contribution in [3.8, 4) is 0 Å². The van der Waals surface area contributed by atoms with Gasteiger partial charge in [0, 0.05) is 12.7 Å². The number of aromatic nitrogens is 1. The summed E-state index contributed by atoms with van der Waals surface area (Å²) in [5.74, 6) is -0.988. The first-order valence-corrected chi connectivity index (χ1v) is 6.45. The number of carbonyl (C=O) groups excluding carboxylic acids is 1. The lowest BCUT2D eigenvalue weighted by molar-refractivity contribution is 0.0460. The SMILES string of the molecule is CCn1cc(N)cc1C(=O)OCc1ccc(F)c(Cl)c1. The number of nitrogen functional groups attached to an aromatic ring is 1. The highest BCUT2D eigenvalue weighted by Crippen LogP contribution is 2.17. The largest absolute Gasteiger partial charge is 0.456 e. The third-order valence-electron chi connectivity index (χ3n) is 2.82. The normalized spacial score (nSPS) is 10.6. The molecule has 2 N–H and O–H groups in total. The molecule has 2 rings (SSSR count). The number of carbonyl (C=O) groups is 1. The minimum absolute atomic E-state index is 0.000253. The summed E-state index contributed by atoms with van der Waals surface area (Å²) in [6.07, 6.45) is 1.67. The number of hydrogen-bond acceptors (Lipinski definition) is 3. The summed E-state index contributed by atoms with van der Waals surface area (Å²) in [6, 6.07) is 5.74. The van der Waals surface area contributed by atoms with Crippen LogP contribution in [0.25, 0.3) is 0 Å². The number of anilines is 1. The van der Waals surface area contributed by atoms with E-state index in [1.165, 1.54) is 18.2 Å². The third-order valence-corrected chi connectivity index (χ3v) is 3.11. The second-order valence-electron chi connectivity index (χ2n) is 4.27. The molecular weight excluding hydrogens is 283 g/mol. The van der Waals surface area contributed by atoms with Crippen LogP contribution in [0.1, 0.15) is 23.0 Å². The minimum atomic E-state index is -0.505. The molecule has 0 fully saturated rings. The van der Waals surface area contributed by atoms with Crippen molar-refractivity contribution in [3.05, 3.63) is 52.6 Å². The summed E-state index contributed by atoms with van der Waals surface area (Å²) in [5, 5.41) is -0.000253. The average Bonchev–Trinajstić information content (AvgIpc) is 2.81. The van der Waals surface area contributed by atoms with E-state index in [1.54, 1.807) is 16.8 Å². The Bertz CT molecular complexity index is 640. The van der Waals surface area contributed by atoms with E-state index in [2.05, 4.69) is 0 Å². The first kappa shape index (κ1) is 14.4. The van der Waals surface area contributed by atoms with E-state index < -0.39 is 11.8 Å². The predicted octanol–water partition coefficient (Wildman–Crippen LogP) is 3.24. The zero-order valence-corrected chi connectivity index (χ0v) is 11.7. The summed E-state index contributed by atoms with van der Waals surface area (Å²) < 4.78 is 19.9. The number of nitrogens with zero attached hydrogens (tertiary/aromatic N) is 1. The van der Waals surface area contributed by atoms with Crippen LogP contribution in [0.2, 0.25) is 5.02 Å². The van der Waals surface area contributed by atoms with Crippen LogP contribution in [0.3, 0.4) is 0 Å². The molecule has 6 heteroatoms. The minimum Gasteiger partial charge on any atom is -0.456 e. The number of rotatable bonds is 4. The fourth-order valence-corrected chi connectivity index (χ4v) is 2.02. The molecule has 1 aromatic carbocycles. The molecule has 0 saturated heterocycles. The average molecular weight is 297 g/mol. The Morgan fingerprint density at radius 2 is 2.20 bits per heavy atom. The number of esters is 1. The Kier molecular flexibility index (Phi) is 4.29. The summed E-state index contributed by atoms with van der Waals surface area (Å²) >= 11 is 5.66. The molecule has 20 heavy (non-hydrogen) atoms. The van der Waals surface area contributed by atoms with Crippen LogP contribution in [0, 0.1) is 5.82 Å². The van der Waals surface area contributed by atoms with Gasteiger partial charge in [0.1, 0.15) is 18.1 Å². The van der Waals surface area contributed by atoms with Gasteiger partial charge in [0.15, 0.2) is 0 Å². The van der Waals surface area contributed by atoms with E-state index in [1.807, 2.05) is 6.92 Å². The molecule has 0 bridgehead atoms. The molecule has 0 amide bonds.